The first-order chi connectivity index (χ1) is 17.6. The first-order valence-corrected chi connectivity index (χ1v) is 13.1. The van der Waals surface area contributed by atoms with Crippen molar-refractivity contribution >= 4 is 22.2 Å². The predicted octanol–water partition coefficient (Wildman–Crippen LogP) is 5.68. The lowest BCUT2D eigenvalue weighted by atomic mass is 9.81. The van der Waals surface area contributed by atoms with Gasteiger partial charge in [-0.2, -0.15) is 21.6 Å². The van der Waals surface area contributed by atoms with Crippen molar-refractivity contribution in [1.82, 2.24) is 4.90 Å². The number of fused-ring (bicyclic) bond motifs is 1. The molecule has 1 heterocycles. The molecule has 0 radical (unpaired) electrons. The van der Waals surface area contributed by atoms with Crippen molar-refractivity contribution in [2.75, 3.05) is 13.7 Å². The average Bonchev–Trinajstić information content (AvgIpc) is 2.80. The molecule has 6 nitrogen and oxygen atoms in total. The second-order valence-corrected chi connectivity index (χ2v) is 11.1. The van der Waals surface area contributed by atoms with Crippen LogP contribution in [0.15, 0.2) is 30.3 Å². The molecular weight excluding hydrogens is 533 g/mol. The van der Waals surface area contributed by atoms with Crippen LogP contribution in [0.3, 0.4) is 0 Å². The molecule has 0 spiro atoms. The summed E-state index contributed by atoms with van der Waals surface area (Å²) in [6, 6.07) is 3.30. The number of rotatable bonds is 7. The molecule has 0 amide bonds. The van der Waals surface area contributed by atoms with Crippen LogP contribution in [0.4, 0.5) is 22.0 Å². The van der Waals surface area contributed by atoms with E-state index in [-0.39, 0.29) is 35.1 Å². The summed E-state index contributed by atoms with van der Waals surface area (Å²) in [4.78, 5) is 13.3. The van der Waals surface area contributed by atoms with E-state index >= 15 is 8.78 Å². The van der Waals surface area contributed by atoms with Crippen molar-refractivity contribution in [2.24, 2.45) is 5.92 Å². The highest BCUT2D eigenvalue weighted by atomic mass is 32.2. The molecule has 0 saturated heterocycles. The van der Waals surface area contributed by atoms with Crippen LogP contribution in [-0.2, 0) is 26.1 Å². The van der Waals surface area contributed by atoms with Gasteiger partial charge in [-0.15, -0.1) is 0 Å². The molecule has 208 valence electrons. The molecule has 0 unspecified atom stereocenters. The number of nitrogens with zero attached hydrogens (tertiary/aromatic N) is 1. The minimum atomic E-state index is -5.91. The number of hydrogen-bond acceptors (Lipinski definition) is 6. The van der Waals surface area contributed by atoms with Gasteiger partial charge >= 0.3 is 21.6 Å². The molecule has 1 aliphatic heterocycles. The Morgan fingerprint density at radius 3 is 2.32 bits per heavy atom. The van der Waals surface area contributed by atoms with Crippen LogP contribution in [0.1, 0.15) is 54.6 Å². The quantitative estimate of drug-likeness (QED) is 0.142. The van der Waals surface area contributed by atoms with Gasteiger partial charge in [0.1, 0.15) is 17.4 Å². The van der Waals surface area contributed by atoms with Gasteiger partial charge in [-0.3, -0.25) is 4.90 Å². The second kappa shape index (κ2) is 11.0. The van der Waals surface area contributed by atoms with Crippen LogP contribution in [0.5, 0.6) is 5.75 Å². The lowest BCUT2D eigenvalue weighted by molar-refractivity contribution is -0.134. The van der Waals surface area contributed by atoms with Crippen LogP contribution < -0.4 is 4.18 Å². The Hall–Kier alpha value is -2.99. The van der Waals surface area contributed by atoms with E-state index in [9.17, 15) is 26.4 Å². The minimum Gasteiger partial charge on any atom is -0.466 e. The van der Waals surface area contributed by atoms with Crippen LogP contribution in [0.25, 0.3) is 6.08 Å². The van der Waals surface area contributed by atoms with E-state index in [0.717, 1.165) is 24.3 Å². The number of ether oxygens (including phenoxy) is 1. The third-order valence-electron chi connectivity index (χ3n) is 6.32. The molecule has 38 heavy (non-hydrogen) atoms. The fraction of sp³-hybridized carbons (Fsp3) is 0.423. The van der Waals surface area contributed by atoms with E-state index in [1.54, 1.807) is 0 Å². The van der Waals surface area contributed by atoms with Gasteiger partial charge in [0.2, 0.25) is 0 Å². The first-order valence-electron chi connectivity index (χ1n) is 11.7. The van der Waals surface area contributed by atoms with Gasteiger partial charge in [-0.25, -0.2) is 13.6 Å². The van der Waals surface area contributed by atoms with Crippen molar-refractivity contribution < 1.29 is 44.1 Å². The van der Waals surface area contributed by atoms with E-state index in [1.807, 2.05) is 25.7 Å². The summed E-state index contributed by atoms with van der Waals surface area (Å²) in [6.45, 7) is 7.57. The van der Waals surface area contributed by atoms with Gasteiger partial charge < -0.3 is 8.92 Å². The van der Waals surface area contributed by atoms with Gasteiger partial charge in [0.15, 0.2) is 0 Å². The third kappa shape index (κ3) is 6.01. The SMILES string of the molecule is COC(=O)/C=C/c1cc(F)c([C@@H]2c3ccc(OS(=O)(=O)C(F)(F)F)c(C)c3C[C@@H](C)N2CC(C)C)c(F)c1. The molecule has 0 aromatic heterocycles. The van der Waals surface area contributed by atoms with Crippen molar-refractivity contribution in [2.45, 2.75) is 51.7 Å². The van der Waals surface area contributed by atoms with Crippen LogP contribution in [0.2, 0.25) is 0 Å². The fourth-order valence-electron chi connectivity index (χ4n) is 4.61. The van der Waals surface area contributed by atoms with Gasteiger partial charge in [-0.05, 0) is 72.7 Å². The van der Waals surface area contributed by atoms with E-state index in [4.69, 9.17) is 0 Å². The summed E-state index contributed by atoms with van der Waals surface area (Å²) in [7, 11) is -4.74. The number of methoxy groups -OCH3 is 1. The lowest BCUT2D eigenvalue weighted by Gasteiger charge is -2.44. The summed E-state index contributed by atoms with van der Waals surface area (Å²) < 4.78 is 102. The molecule has 0 fully saturated rings. The molecule has 1 aliphatic rings. The standard InChI is InChI=1S/C26H28F5NO5S/c1-14(2)13-32-15(3)10-19-16(4)22(37-38(34,35)26(29,30)31)8-7-18(19)25(32)24-20(27)11-17(12-21(24)28)6-9-23(33)36-5/h6-9,11-12,14-15,25H,10,13H2,1-5H3/b9-6+/t15-,25+/m1/s1. The van der Waals surface area contributed by atoms with E-state index in [0.29, 0.717) is 17.7 Å². The molecule has 2 atom stereocenters. The number of hydrogen-bond donors (Lipinski definition) is 0. The number of alkyl halides is 3. The average molecular weight is 562 g/mol. The maximum absolute atomic E-state index is 15.5. The topological polar surface area (TPSA) is 72.9 Å². The highest BCUT2D eigenvalue weighted by Gasteiger charge is 2.49. The third-order valence-corrected chi connectivity index (χ3v) is 7.29. The van der Waals surface area contributed by atoms with Gasteiger partial charge in [0.05, 0.1) is 13.2 Å². The van der Waals surface area contributed by atoms with Crippen LogP contribution in [-0.4, -0.2) is 44.5 Å². The Bertz CT molecular complexity index is 1330. The van der Waals surface area contributed by atoms with E-state index in [2.05, 4.69) is 8.92 Å². The largest absolute Gasteiger partial charge is 0.534 e. The Kier molecular flexibility index (Phi) is 8.57. The smallest absolute Gasteiger partial charge is 0.466 e. The summed E-state index contributed by atoms with van der Waals surface area (Å²) in [5.74, 6) is -2.87. The zero-order valence-corrected chi connectivity index (χ0v) is 22.2. The maximum Gasteiger partial charge on any atom is 0.534 e. The molecule has 12 heteroatoms. The van der Waals surface area contributed by atoms with Crippen molar-refractivity contribution in [3.8, 4) is 5.75 Å². The number of esters is 1. The number of benzene rings is 2. The van der Waals surface area contributed by atoms with Crippen molar-refractivity contribution in [1.29, 1.82) is 0 Å². The van der Waals surface area contributed by atoms with Crippen LogP contribution >= 0.6 is 0 Å². The molecule has 0 aliphatic carbocycles. The molecule has 2 aromatic carbocycles. The zero-order valence-electron chi connectivity index (χ0n) is 21.4. The Balaban J connectivity index is 2.18. The predicted molar refractivity (Wildman–Crippen MR) is 131 cm³/mol. The summed E-state index contributed by atoms with van der Waals surface area (Å²) in [5.41, 5.74) is -4.79. The monoisotopic (exact) mass is 561 g/mol. The van der Waals surface area contributed by atoms with E-state index < -0.39 is 45.0 Å². The molecule has 0 saturated carbocycles. The zero-order chi connectivity index (χ0) is 28.6. The fourth-order valence-corrected chi connectivity index (χ4v) is 5.12. The summed E-state index contributed by atoms with van der Waals surface area (Å²) in [6.07, 6.45) is 2.52. The molecule has 3 rings (SSSR count). The lowest BCUT2D eigenvalue weighted by Crippen LogP contribution is -2.45. The number of carbonyl (C=O) groups excluding carboxylic acids is 1. The van der Waals surface area contributed by atoms with Crippen molar-refractivity contribution in [3.63, 3.8) is 0 Å². The number of carbonyl (C=O) groups is 1. The first kappa shape index (κ1) is 29.6. The summed E-state index contributed by atoms with van der Waals surface area (Å²) >= 11 is 0. The molecular formula is C26H28F5NO5S. The van der Waals surface area contributed by atoms with E-state index in [1.165, 1.54) is 26.2 Å². The Morgan fingerprint density at radius 2 is 1.79 bits per heavy atom. The Morgan fingerprint density at radius 1 is 1.18 bits per heavy atom. The second-order valence-electron chi connectivity index (χ2n) is 9.54. The molecule has 0 bridgehead atoms. The molecule has 0 N–H and O–H groups in total. The van der Waals surface area contributed by atoms with Gasteiger partial charge in [0.25, 0.3) is 0 Å². The summed E-state index contributed by atoms with van der Waals surface area (Å²) in [5, 5.41) is 0. The minimum absolute atomic E-state index is 0.0888. The normalized spacial score (nSPS) is 18.6. The Labute approximate surface area is 218 Å². The maximum atomic E-state index is 15.5. The van der Waals surface area contributed by atoms with Gasteiger partial charge in [0, 0.05) is 24.2 Å². The highest BCUT2D eigenvalue weighted by molar-refractivity contribution is 7.88. The molecule has 2 aromatic rings. The number of halogens is 5. The van der Waals surface area contributed by atoms with Crippen molar-refractivity contribution in [3.05, 3.63) is 69.8 Å². The van der Waals surface area contributed by atoms with Crippen LogP contribution in [0, 0.1) is 24.5 Å². The highest BCUT2D eigenvalue weighted by Crippen LogP contribution is 2.44. The van der Waals surface area contributed by atoms with Gasteiger partial charge in [-0.1, -0.05) is 19.9 Å².